The van der Waals surface area contributed by atoms with Crippen molar-refractivity contribution in [1.82, 2.24) is 9.80 Å². The van der Waals surface area contributed by atoms with Crippen molar-refractivity contribution in [1.29, 1.82) is 0 Å². The van der Waals surface area contributed by atoms with Gasteiger partial charge in [0.25, 0.3) is 11.8 Å². The number of hydrogen-bond acceptors (Lipinski definition) is 10. The fourth-order valence-corrected chi connectivity index (χ4v) is 6.38. The number of imide groups is 1. The molecular weight excluding hydrogens is 701 g/mol. The Hall–Kier alpha value is -4.24. The topological polar surface area (TPSA) is 134 Å². The van der Waals surface area contributed by atoms with Crippen LogP contribution in [0, 0.1) is 11.1 Å². The van der Waals surface area contributed by atoms with Crippen molar-refractivity contribution in [2.45, 2.75) is 32.0 Å². The number of amides is 2. The van der Waals surface area contributed by atoms with Crippen molar-refractivity contribution >= 4 is 46.7 Å². The first kappa shape index (κ1) is 35.6. The lowest BCUT2D eigenvalue weighted by Gasteiger charge is -2.26. The van der Waals surface area contributed by atoms with E-state index in [-0.39, 0.29) is 57.2 Å². The average molecular weight is 736 g/mol. The lowest BCUT2D eigenvalue weighted by Crippen LogP contribution is -2.39. The minimum Gasteiger partial charge on any atom is -0.619 e. The highest BCUT2D eigenvalue weighted by Gasteiger charge is 2.39. The van der Waals surface area contributed by atoms with E-state index in [2.05, 4.69) is 15.0 Å². The molecule has 266 valence electrons. The number of carbonyl (C=O) groups excluding carboxylic acids is 3. The molecule has 1 N–H and O–H groups in total. The second-order valence-corrected chi connectivity index (χ2v) is 12.9. The molecule has 0 bridgehead atoms. The smallest absolute Gasteiger partial charge is 0.387 e. The zero-order valence-electron chi connectivity index (χ0n) is 26.7. The predicted octanol–water partition coefficient (Wildman–Crippen LogP) is 4.88. The van der Waals surface area contributed by atoms with Gasteiger partial charge in [-0.1, -0.05) is 35.3 Å². The van der Waals surface area contributed by atoms with Crippen molar-refractivity contribution in [2.24, 2.45) is 5.92 Å². The Balaban J connectivity index is 1.21. The van der Waals surface area contributed by atoms with Gasteiger partial charge >= 0.3 is 12.6 Å². The molecule has 16 heteroatoms. The van der Waals surface area contributed by atoms with Gasteiger partial charge in [0.15, 0.2) is 23.9 Å². The van der Waals surface area contributed by atoms with Gasteiger partial charge in [-0.15, -0.1) is 0 Å². The maximum Gasteiger partial charge on any atom is 0.387 e. The lowest BCUT2D eigenvalue weighted by molar-refractivity contribution is -0.605. The molecular formula is C34H34Cl2F2N4O8. The second-order valence-electron chi connectivity index (χ2n) is 12.1. The zero-order chi connectivity index (χ0) is 35.4. The number of fused-ring (bicyclic) bond motifs is 1. The molecule has 1 saturated carbocycles. The van der Waals surface area contributed by atoms with Crippen molar-refractivity contribution in [3.8, 4) is 11.5 Å². The molecule has 6 rings (SSSR count). The van der Waals surface area contributed by atoms with Crippen LogP contribution in [0.3, 0.4) is 0 Å². The number of benzene rings is 2. The number of aromatic nitrogens is 1. The minimum atomic E-state index is -3.11. The average Bonchev–Trinajstić information content (AvgIpc) is 3.88. The number of hydrogen-bond donors (Lipinski definition) is 1. The third-order valence-electron chi connectivity index (χ3n) is 8.58. The maximum atomic E-state index is 13.6. The van der Waals surface area contributed by atoms with Crippen LogP contribution in [0.1, 0.15) is 50.8 Å². The first-order valence-electron chi connectivity index (χ1n) is 16.1. The molecule has 3 heterocycles. The van der Waals surface area contributed by atoms with Gasteiger partial charge in [-0.2, -0.15) is 13.5 Å². The molecule has 0 spiro atoms. The summed E-state index contributed by atoms with van der Waals surface area (Å²) >= 11 is 12.7. The summed E-state index contributed by atoms with van der Waals surface area (Å²) in [5, 5.41) is 15.1. The Kier molecular flexibility index (Phi) is 11.2. The van der Waals surface area contributed by atoms with Crippen molar-refractivity contribution in [3.63, 3.8) is 0 Å². The Morgan fingerprint density at radius 3 is 2.50 bits per heavy atom. The largest absolute Gasteiger partial charge is 0.619 e. The lowest BCUT2D eigenvalue weighted by atomic mass is 10.0. The van der Waals surface area contributed by atoms with Crippen LogP contribution in [-0.2, 0) is 20.7 Å². The van der Waals surface area contributed by atoms with Crippen molar-refractivity contribution < 1.29 is 46.8 Å². The number of nitrogens with zero attached hydrogens (tertiary/aromatic N) is 3. The van der Waals surface area contributed by atoms with Crippen LogP contribution in [0.2, 0.25) is 10.0 Å². The second kappa shape index (κ2) is 15.8. The number of carbonyl (C=O) groups is 3. The van der Waals surface area contributed by atoms with Crippen molar-refractivity contribution in [3.05, 3.63) is 86.3 Å². The summed E-state index contributed by atoms with van der Waals surface area (Å²) in [6, 6.07) is 8.96. The molecule has 12 nitrogen and oxygen atoms in total. The van der Waals surface area contributed by atoms with Crippen LogP contribution in [0.5, 0.6) is 11.5 Å². The van der Waals surface area contributed by atoms with Gasteiger partial charge in [-0.3, -0.25) is 24.2 Å². The summed E-state index contributed by atoms with van der Waals surface area (Å²) in [7, 11) is 0. The molecule has 1 atom stereocenters. The van der Waals surface area contributed by atoms with Gasteiger partial charge in [0.2, 0.25) is 0 Å². The summed E-state index contributed by atoms with van der Waals surface area (Å²) in [6.45, 7) is 0.573. The van der Waals surface area contributed by atoms with Gasteiger partial charge in [-0.25, -0.2) is 0 Å². The van der Waals surface area contributed by atoms with Crippen LogP contribution in [0.25, 0.3) is 0 Å². The van der Waals surface area contributed by atoms with E-state index in [1.807, 2.05) is 0 Å². The Labute approximate surface area is 296 Å². The molecule has 3 aromatic rings. The first-order valence-corrected chi connectivity index (χ1v) is 16.8. The van der Waals surface area contributed by atoms with Crippen molar-refractivity contribution in [2.75, 3.05) is 57.9 Å². The molecule has 1 aromatic heterocycles. The first-order chi connectivity index (χ1) is 24.1. The Bertz CT molecular complexity index is 1730. The molecule has 2 aliphatic heterocycles. The summed E-state index contributed by atoms with van der Waals surface area (Å²) in [5.41, 5.74) is 1.34. The minimum absolute atomic E-state index is 0.00685. The molecule has 2 amide bonds. The quantitative estimate of drug-likeness (QED) is 0.0997. The van der Waals surface area contributed by atoms with Crippen LogP contribution in [0.15, 0.2) is 48.8 Å². The highest BCUT2D eigenvalue weighted by Crippen LogP contribution is 2.38. The number of esters is 1. The standard InChI is InChI=1S/C34H34Cl2F2N4O8/c35-24-16-41(46)17-25(36)23(24)15-28(21-6-7-27(50-34(37)38)29(14-21)48-19-20-4-5-20)49-30(43)18-42-32(44)22-2-1-3-26(31(22)33(42)45)39-8-9-40-10-12-47-13-11-40/h1-3,6-7,14,16-17,20,28,34,39H,4-5,8-13,15,18-19H2/t28-/m0/s1. The summed E-state index contributed by atoms with van der Waals surface area (Å²) in [6.07, 6.45) is 2.73. The Morgan fingerprint density at radius 2 is 1.80 bits per heavy atom. The normalized spacial score (nSPS) is 16.8. The van der Waals surface area contributed by atoms with E-state index in [9.17, 15) is 28.4 Å². The number of morpholine rings is 1. The Morgan fingerprint density at radius 1 is 1.06 bits per heavy atom. The predicted molar refractivity (Wildman–Crippen MR) is 177 cm³/mol. The van der Waals surface area contributed by atoms with Crippen LogP contribution < -0.4 is 19.5 Å². The fraction of sp³-hybridized carbons (Fsp3) is 0.412. The van der Waals surface area contributed by atoms with E-state index < -0.39 is 37.0 Å². The summed E-state index contributed by atoms with van der Waals surface area (Å²) in [5.74, 6) is -2.18. The number of pyridine rings is 1. The molecule has 3 aliphatic rings. The number of alkyl halides is 2. The fourth-order valence-electron chi connectivity index (χ4n) is 5.78. The number of rotatable bonds is 15. The highest BCUT2D eigenvalue weighted by atomic mass is 35.5. The van der Waals surface area contributed by atoms with Gasteiger partial charge in [-0.05, 0) is 48.6 Å². The third kappa shape index (κ3) is 8.55. The monoisotopic (exact) mass is 734 g/mol. The van der Waals surface area contributed by atoms with E-state index in [0.29, 0.717) is 42.3 Å². The van der Waals surface area contributed by atoms with E-state index in [1.54, 1.807) is 12.1 Å². The molecule has 0 unspecified atom stereocenters. The SMILES string of the molecule is O=C(CN1C(=O)c2cccc(NCCN3CCOCC3)c2C1=O)O[C@@H](Cc1c(Cl)c[n+]([O-])cc1Cl)c1ccc(OC(F)F)c(OCC2CC2)c1. The van der Waals surface area contributed by atoms with E-state index >= 15 is 0 Å². The van der Waals surface area contributed by atoms with Gasteiger partial charge in [0.1, 0.15) is 22.7 Å². The maximum absolute atomic E-state index is 13.6. The van der Waals surface area contributed by atoms with Crippen LogP contribution in [-0.4, -0.2) is 86.7 Å². The number of nitrogens with one attached hydrogen (secondary N) is 1. The summed E-state index contributed by atoms with van der Waals surface area (Å²) in [4.78, 5) is 43.5. The number of anilines is 1. The molecule has 1 saturated heterocycles. The van der Waals surface area contributed by atoms with E-state index in [4.69, 9.17) is 37.4 Å². The van der Waals surface area contributed by atoms with Gasteiger partial charge < -0.3 is 29.5 Å². The van der Waals surface area contributed by atoms with Crippen LogP contribution >= 0.6 is 23.2 Å². The highest BCUT2D eigenvalue weighted by molar-refractivity contribution is 6.35. The van der Waals surface area contributed by atoms with E-state index in [0.717, 1.165) is 43.2 Å². The van der Waals surface area contributed by atoms with E-state index in [1.165, 1.54) is 24.3 Å². The molecule has 2 fully saturated rings. The van der Waals surface area contributed by atoms with Gasteiger partial charge in [0.05, 0.1) is 30.9 Å². The molecule has 0 radical (unpaired) electrons. The number of ether oxygens (including phenoxy) is 4. The molecule has 50 heavy (non-hydrogen) atoms. The molecule has 2 aromatic carbocycles. The third-order valence-corrected chi connectivity index (χ3v) is 9.23. The molecule has 1 aliphatic carbocycles. The number of halogens is 4. The zero-order valence-corrected chi connectivity index (χ0v) is 28.3. The van der Waals surface area contributed by atoms with Crippen LogP contribution in [0.4, 0.5) is 14.5 Å². The van der Waals surface area contributed by atoms with Gasteiger partial charge in [0, 0.05) is 43.9 Å². The summed E-state index contributed by atoms with van der Waals surface area (Å²) < 4.78 is 48.5.